The number of carboxylic acids is 1. The molecular weight excluding hydrogens is 280 g/mol. The van der Waals surface area contributed by atoms with E-state index in [1.807, 2.05) is 23.6 Å². The number of β-amino-alcohol motifs (C(OH)–C–C–N with tert-alkyl or cyclic N) is 1. The number of nitrogens with zero attached hydrogens (tertiary/aromatic N) is 2. The lowest BCUT2D eigenvalue weighted by atomic mass is 10.2. The number of hydrogen-bond donors (Lipinski definition) is 2. The van der Waals surface area contributed by atoms with E-state index in [9.17, 15) is 9.90 Å². The molecule has 0 saturated carbocycles. The molecule has 0 radical (unpaired) electrons. The molecule has 0 aromatic carbocycles. The first kappa shape index (κ1) is 13.3. The maximum Gasteiger partial charge on any atom is 0.321 e. The molecule has 3 rings (SSSR count). The molecule has 1 aliphatic rings. The molecule has 2 atom stereocenters. The molecule has 1 saturated heterocycles. The number of rotatable bonds is 4. The summed E-state index contributed by atoms with van der Waals surface area (Å²) in [5.41, 5.74) is 0.675. The number of aliphatic carboxylic acids is 1. The van der Waals surface area contributed by atoms with Gasteiger partial charge in [-0.15, -0.1) is 11.3 Å². The molecule has 1 aliphatic heterocycles. The van der Waals surface area contributed by atoms with Crippen molar-refractivity contribution in [2.45, 2.75) is 25.1 Å². The standard InChI is InChI=1S/C13H14N2O4S/c16-9-5-10(13(17)18)15(7-9)6-8-4-11(19-14-8)12-2-1-3-20-12/h1-4,9-10,16H,5-7H2,(H,17,18). The minimum absolute atomic E-state index is 0.255. The van der Waals surface area contributed by atoms with E-state index in [-0.39, 0.29) is 6.42 Å². The van der Waals surface area contributed by atoms with Crippen LogP contribution in [0.3, 0.4) is 0 Å². The van der Waals surface area contributed by atoms with Crippen LogP contribution in [0.1, 0.15) is 12.1 Å². The highest BCUT2D eigenvalue weighted by atomic mass is 32.1. The molecule has 0 bridgehead atoms. The van der Waals surface area contributed by atoms with Crippen molar-refractivity contribution in [1.29, 1.82) is 0 Å². The third-order valence-electron chi connectivity index (χ3n) is 3.35. The van der Waals surface area contributed by atoms with Crippen LogP contribution in [0, 0.1) is 0 Å². The van der Waals surface area contributed by atoms with Crippen LogP contribution in [0.2, 0.25) is 0 Å². The van der Waals surface area contributed by atoms with E-state index in [1.54, 1.807) is 16.2 Å². The maximum atomic E-state index is 11.1. The largest absolute Gasteiger partial charge is 0.480 e. The number of thiophene rings is 1. The second kappa shape index (κ2) is 5.35. The quantitative estimate of drug-likeness (QED) is 0.887. The number of aromatic nitrogens is 1. The van der Waals surface area contributed by atoms with Crippen molar-refractivity contribution in [3.05, 3.63) is 29.3 Å². The van der Waals surface area contributed by atoms with Crippen molar-refractivity contribution in [2.75, 3.05) is 6.54 Å². The van der Waals surface area contributed by atoms with Gasteiger partial charge in [-0.3, -0.25) is 9.69 Å². The van der Waals surface area contributed by atoms with Crippen LogP contribution in [0.4, 0.5) is 0 Å². The SMILES string of the molecule is O=C(O)C1CC(O)CN1Cc1cc(-c2cccs2)on1. The fraction of sp³-hybridized carbons (Fsp3) is 0.385. The zero-order valence-corrected chi connectivity index (χ0v) is 11.4. The summed E-state index contributed by atoms with van der Waals surface area (Å²) < 4.78 is 5.27. The maximum absolute atomic E-state index is 11.1. The number of likely N-dealkylation sites (tertiary alicyclic amines) is 1. The molecule has 6 nitrogen and oxygen atoms in total. The van der Waals surface area contributed by atoms with E-state index in [0.29, 0.717) is 24.5 Å². The Hall–Kier alpha value is -1.70. The second-order valence-corrected chi connectivity index (χ2v) is 5.78. The van der Waals surface area contributed by atoms with Gasteiger partial charge in [-0.2, -0.15) is 0 Å². The lowest BCUT2D eigenvalue weighted by molar-refractivity contribution is -0.142. The van der Waals surface area contributed by atoms with Crippen LogP contribution in [0.15, 0.2) is 28.1 Å². The molecule has 1 fully saturated rings. The first-order chi connectivity index (χ1) is 9.63. The molecule has 0 spiro atoms. The van der Waals surface area contributed by atoms with Crippen molar-refractivity contribution < 1.29 is 19.5 Å². The second-order valence-electron chi connectivity index (χ2n) is 4.83. The lowest BCUT2D eigenvalue weighted by Gasteiger charge is -2.18. The van der Waals surface area contributed by atoms with Crippen LogP contribution >= 0.6 is 11.3 Å². The van der Waals surface area contributed by atoms with Gasteiger partial charge in [0, 0.05) is 25.6 Å². The van der Waals surface area contributed by atoms with Gasteiger partial charge in [-0.1, -0.05) is 11.2 Å². The predicted octanol–water partition coefficient (Wildman–Crippen LogP) is 1.42. The summed E-state index contributed by atoms with van der Waals surface area (Å²) >= 11 is 1.56. The Labute approximate surface area is 119 Å². The topological polar surface area (TPSA) is 86.8 Å². The number of aliphatic hydroxyl groups is 1. The zero-order chi connectivity index (χ0) is 14.1. The van der Waals surface area contributed by atoms with Crippen LogP contribution in [0.5, 0.6) is 0 Å². The molecule has 20 heavy (non-hydrogen) atoms. The normalized spacial score (nSPS) is 23.2. The Bertz CT molecular complexity index is 595. The Kier molecular flexibility index (Phi) is 3.56. The summed E-state index contributed by atoms with van der Waals surface area (Å²) in [5.74, 6) is -0.231. The van der Waals surface area contributed by atoms with Crippen molar-refractivity contribution >= 4 is 17.3 Å². The van der Waals surface area contributed by atoms with Gasteiger partial charge in [-0.05, 0) is 11.4 Å². The Morgan fingerprint density at radius 1 is 1.60 bits per heavy atom. The van der Waals surface area contributed by atoms with E-state index in [4.69, 9.17) is 9.63 Å². The van der Waals surface area contributed by atoms with Gasteiger partial charge in [0.1, 0.15) is 6.04 Å². The van der Waals surface area contributed by atoms with E-state index < -0.39 is 18.1 Å². The average molecular weight is 294 g/mol. The monoisotopic (exact) mass is 294 g/mol. The Balaban J connectivity index is 1.73. The van der Waals surface area contributed by atoms with E-state index >= 15 is 0 Å². The highest BCUT2D eigenvalue weighted by Crippen LogP contribution is 2.27. The number of carboxylic acid groups (broad SMARTS) is 1. The van der Waals surface area contributed by atoms with Crippen molar-refractivity contribution in [3.63, 3.8) is 0 Å². The van der Waals surface area contributed by atoms with E-state index in [0.717, 1.165) is 4.88 Å². The first-order valence-electron chi connectivity index (χ1n) is 6.28. The molecule has 2 aromatic rings. The van der Waals surface area contributed by atoms with Crippen molar-refractivity contribution in [1.82, 2.24) is 10.1 Å². The minimum Gasteiger partial charge on any atom is -0.480 e. The number of carbonyl (C=O) groups is 1. The smallest absolute Gasteiger partial charge is 0.321 e. The fourth-order valence-electron chi connectivity index (χ4n) is 2.44. The van der Waals surface area contributed by atoms with Gasteiger partial charge < -0.3 is 14.7 Å². The predicted molar refractivity (Wildman–Crippen MR) is 72.3 cm³/mol. The molecule has 2 aromatic heterocycles. The van der Waals surface area contributed by atoms with Crippen LogP contribution < -0.4 is 0 Å². The van der Waals surface area contributed by atoms with E-state index in [1.165, 1.54) is 0 Å². The third kappa shape index (κ3) is 2.60. The molecule has 106 valence electrons. The number of hydrogen-bond acceptors (Lipinski definition) is 6. The molecule has 0 amide bonds. The summed E-state index contributed by atoms with van der Waals surface area (Å²) in [6.07, 6.45) is -0.343. The van der Waals surface area contributed by atoms with Gasteiger partial charge in [0.15, 0.2) is 5.76 Å². The molecule has 2 N–H and O–H groups in total. The highest BCUT2D eigenvalue weighted by molar-refractivity contribution is 7.13. The molecule has 3 heterocycles. The summed E-state index contributed by atoms with van der Waals surface area (Å²) in [6.45, 7) is 0.709. The van der Waals surface area contributed by atoms with Crippen LogP contribution in [-0.2, 0) is 11.3 Å². The third-order valence-corrected chi connectivity index (χ3v) is 4.24. The summed E-state index contributed by atoms with van der Waals surface area (Å²) in [7, 11) is 0. The van der Waals surface area contributed by atoms with Gasteiger partial charge >= 0.3 is 5.97 Å². The van der Waals surface area contributed by atoms with E-state index in [2.05, 4.69) is 5.16 Å². The average Bonchev–Trinajstić information content (AvgIpc) is 3.09. The Morgan fingerprint density at radius 2 is 2.45 bits per heavy atom. The molecule has 2 unspecified atom stereocenters. The molecule has 0 aliphatic carbocycles. The first-order valence-corrected chi connectivity index (χ1v) is 7.16. The summed E-state index contributed by atoms with van der Waals surface area (Å²) in [4.78, 5) is 13.8. The van der Waals surface area contributed by atoms with Gasteiger partial charge in [0.25, 0.3) is 0 Å². The lowest BCUT2D eigenvalue weighted by Crippen LogP contribution is -2.35. The van der Waals surface area contributed by atoms with Crippen molar-refractivity contribution in [2.24, 2.45) is 0 Å². The minimum atomic E-state index is -0.913. The number of aliphatic hydroxyl groups excluding tert-OH is 1. The molecular formula is C13H14N2O4S. The van der Waals surface area contributed by atoms with Crippen LogP contribution in [-0.4, -0.2) is 44.9 Å². The summed E-state index contributed by atoms with van der Waals surface area (Å²) in [5, 5.41) is 24.7. The van der Waals surface area contributed by atoms with Gasteiger partial charge in [0.05, 0.1) is 16.7 Å². The van der Waals surface area contributed by atoms with Crippen LogP contribution in [0.25, 0.3) is 10.6 Å². The fourth-order valence-corrected chi connectivity index (χ4v) is 3.11. The molecule has 7 heteroatoms. The summed E-state index contributed by atoms with van der Waals surface area (Å²) in [6, 6.07) is 5.02. The van der Waals surface area contributed by atoms with Gasteiger partial charge in [-0.25, -0.2) is 0 Å². The zero-order valence-electron chi connectivity index (χ0n) is 10.6. The highest BCUT2D eigenvalue weighted by Gasteiger charge is 2.36. The van der Waals surface area contributed by atoms with Gasteiger partial charge in [0.2, 0.25) is 0 Å². The van der Waals surface area contributed by atoms with Crippen molar-refractivity contribution in [3.8, 4) is 10.6 Å². The Morgan fingerprint density at radius 3 is 3.15 bits per heavy atom.